The molecule has 0 bridgehead atoms. The molecule has 0 unspecified atom stereocenters. The van der Waals surface area contributed by atoms with Gasteiger partial charge in [0.25, 0.3) is 0 Å². The van der Waals surface area contributed by atoms with Crippen LogP contribution >= 0.6 is 23.1 Å². The van der Waals surface area contributed by atoms with Gasteiger partial charge in [-0.25, -0.2) is 4.98 Å². The molecule has 30 heavy (non-hydrogen) atoms. The van der Waals surface area contributed by atoms with E-state index >= 15 is 0 Å². The predicted octanol–water partition coefficient (Wildman–Crippen LogP) is 5.32. The van der Waals surface area contributed by atoms with Crippen LogP contribution in [0.3, 0.4) is 0 Å². The maximum atomic E-state index is 12.4. The van der Waals surface area contributed by atoms with Gasteiger partial charge in [-0.05, 0) is 49.2 Å². The van der Waals surface area contributed by atoms with Gasteiger partial charge in [-0.3, -0.25) is 14.3 Å². The van der Waals surface area contributed by atoms with Crippen molar-refractivity contribution in [2.75, 3.05) is 4.90 Å². The first-order valence-electron chi connectivity index (χ1n) is 9.43. The van der Waals surface area contributed by atoms with E-state index in [0.29, 0.717) is 10.9 Å². The summed E-state index contributed by atoms with van der Waals surface area (Å²) in [4.78, 5) is 18.7. The fourth-order valence-corrected chi connectivity index (χ4v) is 4.80. The van der Waals surface area contributed by atoms with E-state index in [1.807, 2.05) is 65.4 Å². The van der Waals surface area contributed by atoms with E-state index in [1.54, 1.807) is 29.9 Å². The molecule has 8 heteroatoms. The molecule has 0 aliphatic rings. The van der Waals surface area contributed by atoms with Crippen LogP contribution in [0, 0.1) is 13.8 Å². The Labute approximate surface area is 183 Å². The maximum Gasteiger partial charge on any atom is 0.230 e. The van der Waals surface area contributed by atoms with Gasteiger partial charge >= 0.3 is 0 Å². The zero-order valence-corrected chi connectivity index (χ0v) is 18.6. The minimum absolute atomic E-state index is 0.0596. The molecule has 6 nitrogen and oxygen atoms in total. The molecular formula is C22H21N5OS2. The highest BCUT2D eigenvalue weighted by Crippen LogP contribution is 2.32. The van der Waals surface area contributed by atoms with E-state index in [-0.39, 0.29) is 5.91 Å². The van der Waals surface area contributed by atoms with Crippen LogP contribution in [-0.4, -0.2) is 25.7 Å². The van der Waals surface area contributed by atoms with Crippen LogP contribution in [0.4, 0.5) is 10.8 Å². The minimum Gasteiger partial charge on any atom is -0.277 e. The summed E-state index contributed by atoms with van der Waals surface area (Å²) in [6.45, 7) is 5.67. The number of carbonyl (C=O) groups is 1. The summed E-state index contributed by atoms with van der Waals surface area (Å²) in [5, 5.41) is 11.7. The second-order valence-electron chi connectivity index (χ2n) is 6.85. The Morgan fingerprint density at radius 3 is 2.67 bits per heavy atom. The topological polar surface area (TPSA) is 63.9 Å². The Morgan fingerprint density at radius 2 is 1.93 bits per heavy atom. The van der Waals surface area contributed by atoms with E-state index in [4.69, 9.17) is 4.98 Å². The molecule has 2 heterocycles. The number of para-hydroxylation sites is 1. The lowest BCUT2D eigenvalue weighted by molar-refractivity contribution is -0.115. The van der Waals surface area contributed by atoms with Crippen molar-refractivity contribution in [2.24, 2.45) is 0 Å². The van der Waals surface area contributed by atoms with Crippen LogP contribution in [-0.2, 0) is 10.5 Å². The van der Waals surface area contributed by atoms with Gasteiger partial charge < -0.3 is 0 Å². The van der Waals surface area contributed by atoms with Gasteiger partial charge in [0.1, 0.15) is 6.33 Å². The number of hydrogen-bond donors (Lipinski definition) is 0. The smallest absolute Gasteiger partial charge is 0.230 e. The second kappa shape index (κ2) is 8.81. The Hall–Kier alpha value is -2.97. The molecule has 0 saturated carbocycles. The van der Waals surface area contributed by atoms with Crippen molar-refractivity contribution in [2.45, 2.75) is 31.7 Å². The quantitative estimate of drug-likeness (QED) is 0.384. The first-order valence-corrected chi connectivity index (χ1v) is 11.3. The highest BCUT2D eigenvalue weighted by Gasteiger charge is 2.19. The molecule has 0 N–H and O–H groups in total. The molecule has 0 saturated heterocycles. The number of aromatic nitrogens is 4. The van der Waals surface area contributed by atoms with Crippen LogP contribution in [0.1, 0.15) is 23.7 Å². The van der Waals surface area contributed by atoms with Crippen molar-refractivity contribution < 1.29 is 4.79 Å². The number of hydrogen-bond acceptors (Lipinski definition) is 6. The molecule has 0 atom stereocenters. The summed E-state index contributed by atoms with van der Waals surface area (Å²) in [5.74, 6) is 0.580. The van der Waals surface area contributed by atoms with Crippen LogP contribution in [0.2, 0.25) is 0 Å². The molecule has 2 aromatic carbocycles. The number of thioether (sulfide) groups is 1. The van der Waals surface area contributed by atoms with Gasteiger partial charge in [-0.2, -0.15) is 0 Å². The van der Waals surface area contributed by atoms with Gasteiger partial charge in [0.15, 0.2) is 10.3 Å². The Morgan fingerprint density at radius 1 is 1.13 bits per heavy atom. The van der Waals surface area contributed by atoms with E-state index in [1.165, 1.54) is 16.9 Å². The Kier molecular flexibility index (Phi) is 5.96. The summed E-state index contributed by atoms with van der Waals surface area (Å²) < 4.78 is 1.95. The second-order valence-corrected chi connectivity index (χ2v) is 8.63. The first-order chi connectivity index (χ1) is 14.5. The first kappa shape index (κ1) is 20.3. The third-order valence-corrected chi connectivity index (χ3v) is 6.55. The Balaban J connectivity index is 1.52. The maximum absolute atomic E-state index is 12.4. The van der Waals surface area contributed by atoms with E-state index in [2.05, 4.69) is 17.1 Å². The van der Waals surface area contributed by atoms with Crippen LogP contribution in [0.5, 0.6) is 0 Å². The van der Waals surface area contributed by atoms with Crippen molar-refractivity contribution in [3.63, 3.8) is 0 Å². The summed E-state index contributed by atoms with van der Waals surface area (Å²) >= 11 is 3.03. The summed E-state index contributed by atoms with van der Waals surface area (Å²) in [7, 11) is 0. The van der Waals surface area contributed by atoms with Crippen molar-refractivity contribution in [1.29, 1.82) is 0 Å². The molecule has 2 aromatic heterocycles. The number of thiazole rings is 1. The van der Waals surface area contributed by atoms with Crippen LogP contribution < -0.4 is 4.90 Å². The van der Waals surface area contributed by atoms with Crippen LogP contribution in [0.15, 0.2) is 65.4 Å². The molecule has 4 aromatic rings. The molecule has 4 rings (SSSR count). The number of anilines is 2. The summed E-state index contributed by atoms with van der Waals surface area (Å²) in [6, 6.07) is 16.0. The average molecular weight is 436 g/mol. The number of aryl methyl sites for hydroxylation is 2. The molecule has 0 spiro atoms. The number of benzene rings is 2. The number of amides is 1. The predicted molar refractivity (Wildman–Crippen MR) is 122 cm³/mol. The highest BCUT2D eigenvalue weighted by molar-refractivity contribution is 7.98. The largest absolute Gasteiger partial charge is 0.277 e. The summed E-state index contributed by atoms with van der Waals surface area (Å²) in [5.41, 5.74) is 5.09. The average Bonchev–Trinajstić information content (AvgIpc) is 3.39. The van der Waals surface area contributed by atoms with E-state index in [0.717, 1.165) is 27.8 Å². The lowest BCUT2D eigenvalue weighted by atomic mass is 10.1. The molecule has 0 radical (unpaired) electrons. The molecule has 0 aliphatic carbocycles. The van der Waals surface area contributed by atoms with Crippen molar-refractivity contribution in [1.82, 2.24) is 19.7 Å². The SMILES string of the molecule is CC(=O)N(c1ccc(C)c(C)c1)c1nc(CSc2nncn2-c2ccccc2)cs1. The fourth-order valence-electron chi connectivity index (χ4n) is 2.98. The van der Waals surface area contributed by atoms with E-state index < -0.39 is 0 Å². The number of carbonyl (C=O) groups excluding carboxylic acids is 1. The molecule has 0 fully saturated rings. The Bertz CT molecular complexity index is 1170. The summed E-state index contributed by atoms with van der Waals surface area (Å²) in [6.07, 6.45) is 1.71. The lowest BCUT2D eigenvalue weighted by Crippen LogP contribution is -2.22. The number of nitrogens with zero attached hydrogens (tertiary/aromatic N) is 5. The molecular weight excluding hydrogens is 414 g/mol. The zero-order chi connectivity index (χ0) is 21.1. The number of rotatable bonds is 6. The van der Waals surface area contributed by atoms with Gasteiger partial charge in [0.05, 0.1) is 11.4 Å². The lowest BCUT2D eigenvalue weighted by Gasteiger charge is -2.19. The van der Waals surface area contributed by atoms with Gasteiger partial charge in [-0.1, -0.05) is 36.0 Å². The van der Waals surface area contributed by atoms with Crippen molar-refractivity contribution in [3.8, 4) is 5.69 Å². The zero-order valence-electron chi connectivity index (χ0n) is 16.9. The molecule has 152 valence electrons. The normalized spacial score (nSPS) is 10.9. The van der Waals surface area contributed by atoms with Crippen molar-refractivity contribution in [3.05, 3.63) is 77.1 Å². The highest BCUT2D eigenvalue weighted by atomic mass is 32.2. The molecule has 0 aliphatic heterocycles. The van der Waals surface area contributed by atoms with Gasteiger partial charge in [0.2, 0.25) is 5.91 Å². The monoisotopic (exact) mass is 435 g/mol. The standard InChI is InChI=1S/C22H21N5OS2/c1-15-9-10-20(11-16(15)2)27(17(3)28)21-24-18(12-29-21)13-30-22-25-23-14-26(22)19-7-5-4-6-8-19/h4-12,14H,13H2,1-3H3. The third kappa shape index (κ3) is 4.29. The third-order valence-electron chi connectivity index (χ3n) is 4.69. The van der Waals surface area contributed by atoms with Gasteiger partial charge in [0, 0.05) is 23.7 Å². The van der Waals surface area contributed by atoms with Crippen LogP contribution in [0.25, 0.3) is 5.69 Å². The fraction of sp³-hybridized carbons (Fsp3) is 0.182. The van der Waals surface area contributed by atoms with Gasteiger partial charge in [-0.15, -0.1) is 21.5 Å². The van der Waals surface area contributed by atoms with E-state index in [9.17, 15) is 4.79 Å². The minimum atomic E-state index is -0.0596. The van der Waals surface area contributed by atoms with Crippen molar-refractivity contribution >= 4 is 39.8 Å². The molecule has 1 amide bonds.